The van der Waals surface area contributed by atoms with E-state index in [9.17, 15) is 9.59 Å². The zero-order chi connectivity index (χ0) is 14.4. The molecule has 0 aliphatic heterocycles. The van der Waals surface area contributed by atoms with Gasteiger partial charge in [-0.3, -0.25) is 4.79 Å². The van der Waals surface area contributed by atoms with Gasteiger partial charge in [-0.05, 0) is 29.5 Å². The van der Waals surface area contributed by atoms with Crippen molar-refractivity contribution in [3.8, 4) is 0 Å². The van der Waals surface area contributed by atoms with Crippen LogP contribution in [0.15, 0.2) is 30.4 Å². The molecule has 1 rings (SSSR count). The summed E-state index contributed by atoms with van der Waals surface area (Å²) in [5.74, 6) is -1.10. The number of aliphatic carboxylic acids is 1. The van der Waals surface area contributed by atoms with Crippen molar-refractivity contribution in [1.29, 1.82) is 0 Å². The Labute approximate surface area is 113 Å². The van der Waals surface area contributed by atoms with Gasteiger partial charge < -0.3 is 10.4 Å². The Hall–Kier alpha value is -2.10. The van der Waals surface area contributed by atoms with Crippen LogP contribution in [0.4, 0.5) is 0 Å². The number of carboxylic acid groups (broad SMARTS) is 1. The Balaban J connectivity index is 2.69. The monoisotopic (exact) mass is 261 g/mol. The number of carbonyl (C=O) groups is 2. The fourth-order valence-electron chi connectivity index (χ4n) is 1.63. The van der Waals surface area contributed by atoms with E-state index in [4.69, 9.17) is 5.11 Å². The second-order valence-electron chi connectivity index (χ2n) is 4.73. The first kappa shape index (κ1) is 15.0. The van der Waals surface area contributed by atoms with Crippen LogP contribution in [0.1, 0.15) is 36.5 Å². The molecule has 102 valence electrons. The first-order chi connectivity index (χ1) is 8.90. The van der Waals surface area contributed by atoms with E-state index < -0.39 is 11.9 Å². The van der Waals surface area contributed by atoms with Gasteiger partial charge in [0.05, 0.1) is 0 Å². The van der Waals surface area contributed by atoms with Crippen LogP contribution in [-0.2, 0) is 16.1 Å². The van der Waals surface area contributed by atoms with Crippen molar-refractivity contribution >= 4 is 11.9 Å². The minimum Gasteiger partial charge on any atom is -0.478 e. The summed E-state index contributed by atoms with van der Waals surface area (Å²) in [6, 6.07) is 6.18. The smallest absolute Gasteiger partial charge is 0.328 e. The van der Waals surface area contributed by atoms with Crippen molar-refractivity contribution in [2.24, 2.45) is 0 Å². The van der Waals surface area contributed by atoms with E-state index in [0.717, 1.165) is 23.3 Å². The van der Waals surface area contributed by atoms with Crippen molar-refractivity contribution in [1.82, 2.24) is 5.32 Å². The minimum absolute atomic E-state index is 0.398. The van der Waals surface area contributed by atoms with E-state index in [2.05, 4.69) is 31.3 Å². The molecule has 2 N–H and O–H groups in total. The van der Waals surface area contributed by atoms with E-state index in [1.54, 1.807) is 0 Å². The van der Waals surface area contributed by atoms with Crippen molar-refractivity contribution in [2.75, 3.05) is 0 Å². The molecule has 0 radical (unpaired) electrons. The molecule has 0 heterocycles. The van der Waals surface area contributed by atoms with E-state index in [0.29, 0.717) is 12.5 Å². The summed E-state index contributed by atoms with van der Waals surface area (Å²) < 4.78 is 0. The summed E-state index contributed by atoms with van der Waals surface area (Å²) in [6.45, 7) is 6.61. The minimum atomic E-state index is -1.13. The maximum atomic E-state index is 11.4. The normalized spacial score (nSPS) is 10.9. The van der Waals surface area contributed by atoms with Crippen LogP contribution in [-0.4, -0.2) is 17.0 Å². The number of nitrogens with one attached hydrogen (secondary N) is 1. The van der Waals surface area contributed by atoms with Gasteiger partial charge in [-0.2, -0.15) is 0 Å². The van der Waals surface area contributed by atoms with E-state index in [1.165, 1.54) is 5.56 Å². The summed E-state index contributed by atoms with van der Waals surface area (Å²) in [7, 11) is 0. The molecule has 0 bridgehead atoms. The molecule has 0 spiro atoms. The van der Waals surface area contributed by atoms with Crippen LogP contribution >= 0.6 is 0 Å². The van der Waals surface area contributed by atoms with Crippen LogP contribution in [0.3, 0.4) is 0 Å². The molecular weight excluding hydrogens is 242 g/mol. The Morgan fingerprint density at radius 3 is 2.58 bits per heavy atom. The highest BCUT2D eigenvalue weighted by molar-refractivity contribution is 5.93. The Morgan fingerprint density at radius 1 is 1.32 bits per heavy atom. The third-order valence-electron chi connectivity index (χ3n) is 2.87. The van der Waals surface area contributed by atoms with Gasteiger partial charge in [-0.25, -0.2) is 4.79 Å². The Kier molecular flexibility index (Phi) is 5.30. The van der Waals surface area contributed by atoms with Gasteiger partial charge in [-0.15, -0.1) is 0 Å². The van der Waals surface area contributed by atoms with Crippen LogP contribution in [0.2, 0.25) is 0 Å². The lowest BCUT2D eigenvalue weighted by atomic mass is 9.98. The summed E-state index contributed by atoms with van der Waals surface area (Å²) in [4.78, 5) is 21.7. The third kappa shape index (κ3) is 4.95. The number of aryl methyl sites for hydroxylation is 1. The Bertz CT molecular complexity index is 504. The Morgan fingerprint density at radius 2 is 2.00 bits per heavy atom. The average molecular weight is 261 g/mol. The largest absolute Gasteiger partial charge is 0.478 e. The van der Waals surface area contributed by atoms with Crippen LogP contribution in [0.25, 0.3) is 0 Å². The molecule has 19 heavy (non-hydrogen) atoms. The molecule has 0 aromatic heterocycles. The fraction of sp³-hybridized carbons (Fsp3) is 0.333. The number of carboxylic acids is 1. The summed E-state index contributed by atoms with van der Waals surface area (Å²) in [5.41, 5.74) is 3.37. The van der Waals surface area contributed by atoms with Gasteiger partial charge in [0.2, 0.25) is 5.91 Å². The number of rotatable bonds is 5. The van der Waals surface area contributed by atoms with E-state index in [-0.39, 0.29) is 0 Å². The SMILES string of the molecule is Cc1ccc(C(C)C)cc1CNC(=O)/C=C/C(=O)O. The van der Waals surface area contributed by atoms with Gasteiger partial charge in [0.15, 0.2) is 0 Å². The summed E-state index contributed by atoms with van der Waals surface area (Å²) in [6.07, 6.45) is 1.84. The average Bonchev–Trinajstić information content (AvgIpc) is 2.35. The molecule has 4 nitrogen and oxygen atoms in total. The second-order valence-corrected chi connectivity index (χ2v) is 4.73. The quantitative estimate of drug-likeness (QED) is 0.800. The first-order valence-electron chi connectivity index (χ1n) is 6.18. The van der Waals surface area contributed by atoms with Crippen molar-refractivity contribution in [3.05, 3.63) is 47.0 Å². The zero-order valence-electron chi connectivity index (χ0n) is 11.4. The molecular formula is C15H19NO3. The van der Waals surface area contributed by atoms with Crippen LogP contribution < -0.4 is 5.32 Å². The maximum Gasteiger partial charge on any atom is 0.328 e. The van der Waals surface area contributed by atoms with E-state index >= 15 is 0 Å². The van der Waals surface area contributed by atoms with Gasteiger partial charge in [0, 0.05) is 18.7 Å². The number of carbonyl (C=O) groups excluding carboxylic acids is 1. The fourth-order valence-corrected chi connectivity index (χ4v) is 1.63. The highest BCUT2D eigenvalue weighted by atomic mass is 16.4. The second kappa shape index (κ2) is 6.73. The molecule has 1 amide bonds. The number of benzene rings is 1. The lowest BCUT2D eigenvalue weighted by Crippen LogP contribution is -2.21. The molecule has 0 unspecified atom stereocenters. The standard InChI is InChI=1S/C15H19NO3/c1-10(2)12-5-4-11(3)13(8-12)9-16-14(17)6-7-15(18)19/h4-8,10H,9H2,1-3H3,(H,16,17)(H,18,19)/b7-6+. The molecule has 0 aliphatic carbocycles. The summed E-state index contributed by atoms with van der Waals surface area (Å²) in [5, 5.41) is 11.1. The highest BCUT2D eigenvalue weighted by Gasteiger charge is 2.05. The lowest BCUT2D eigenvalue weighted by molar-refractivity contribution is -0.131. The molecule has 1 aromatic carbocycles. The molecule has 0 fully saturated rings. The van der Waals surface area contributed by atoms with Crippen LogP contribution in [0.5, 0.6) is 0 Å². The molecule has 1 aromatic rings. The zero-order valence-corrected chi connectivity index (χ0v) is 11.4. The number of hydrogen-bond donors (Lipinski definition) is 2. The highest BCUT2D eigenvalue weighted by Crippen LogP contribution is 2.18. The third-order valence-corrected chi connectivity index (χ3v) is 2.87. The van der Waals surface area contributed by atoms with Gasteiger partial charge in [0.1, 0.15) is 0 Å². The molecule has 0 saturated carbocycles. The molecule has 0 atom stereocenters. The lowest BCUT2D eigenvalue weighted by Gasteiger charge is -2.11. The van der Waals surface area contributed by atoms with Gasteiger partial charge in [-0.1, -0.05) is 32.0 Å². The summed E-state index contributed by atoms with van der Waals surface area (Å²) >= 11 is 0. The van der Waals surface area contributed by atoms with Crippen LogP contribution in [0, 0.1) is 6.92 Å². The van der Waals surface area contributed by atoms with Crippen molar-refractivity contribution in [2.45, 2.75) is 33.2 Å². The van der Waals surface area contributed by atoms with E-state index in [1.807, 2.05) is 13.0 Å². The van der Waals surface area contributed by atoms with Crippen molar-refractivity contribution < 1.29 is 14.7 Å². The van der Waals surface area contributed by atoms with Crippen molar-refractivity contribution in [3.63, 3.8) is 0 Å². The molecule has 4 heteroatoms. The maximum absolute atomic E-state index is 11.4. The molecule has 0 aliphatic rings. The molecule has 0 saturated heterocycles. The van der Waals surface area contributed by atoms with Gasteiger partial charge in [0.25, 0.3) is 0 Å². The predicted molar refractivity (Wildman–Crippen MR) is 73.9 cm³/mol. The topological polar surface area (TPSA) is 66.4 Å². The first-order valence-corrected chi connectivity index (χ1v) is 6.18. The number of hydrogen-bond acceptors (Lipinski definition) is 2. The van der Waals surface area contributed by atoms with Gasteiger partial charge >= 0.3 is 5.97 Å². The number of amides is 1. The predicted octanol–water partition coefficient (Wildman–Crippen LogP) is 2.38.